The lowest BCUT2D eigenvalue weighted by Gasteiger charge is -2.14. The normalized spacial score (nSPS) is 17.4. The molecule has 6 aliphatic rings. The van der Waals surface area contributed by atoms with Gasteiger partial charge in [-0.25, -0.2) is 4.79 Å². The van der Waals surface area contributed by atoms with E-state index >= 15 is 0 Å². The SMILES string of the molecule is Cc1cccc2[nH]cc(C(=O)CC3CCCCCC3)c12.Cc1cccc2[nH]ccc12.Cc1cccc2c1c(C(=O)CC1CCCCCC1)cn2CCO.Cc1cccc2c1c(C(CC1CCCCCC1)=NO)cn2CCO.O=C(Cl)CC1CCCCCC1.O=C(O)CC1CCCCCC1.O=C1OCCO1. The van der Waals surface area contributed by atoms with Gasteiger partial charge in [0.15, 0.2) is 11.6 Å². The molecular formula is C88H122ClN5O11. The minimum Gasteiger partial charge on any atom is -0.481 e. The van der Waals surface area contributed by atoms with Crippen molar-refractivity contribution in [3.8, 4) is 0 Å². The van der Waals surface area contributed by atoms with Crippen molar-refractivity contribution in [2.45, 2.75) is 266 Å². The summed E-state index contributed by atoms with van der Waals surface area (Å²) < 4.78 is 12.7. The number of halogens is 1. The average molecular weight is 1460 g/mol. The Bertz CT molecular complexity index is 3930. The number of ketones is 2. The van der Waals surface area contributed by atoms with E-state index in [4.69, 9.17) is 16.7 Å². The predicted octanol–water partition coefficient (Wildman–Crippen LogP) is 22.2. The molecule has 4 aromatic heterocycles. The molecule has 5 heterocycles. The van der Waals surface area contributed by atoms with Gasteiger partial charge in [0.05, 0.1) is 18.9 Å². The van der Waals surface area contributed by atoms with Crippen LogP contribution in [0, 0.1) is 57.3 Å². The van der Waals surface area contributed by atoms with Gasteiger partial charge in [0.2, 0.25) is 5.24 Å². The van der Waals surface area contributed by atoms with Crippen LogP contribution < -0.4 is 0 Å². The van der Waals surface area contributed by atoms with Crippen LogP contribution in [0.5, 0.6) is 0 Å². The first-order valence-electron chi connectivity index (χ1n) is 40.0. The summed E-state index contributed by atoms with van der Waals surface area (Å²) in [6.45, 7) is 10.5. The number of H-pyrrole nitrogens is 2. The lowest BCUT2D eigenvalue weighted by molar-refractivity contribution is -0.138. The quantitative estimate of drug-likeness (QED) is 0.00953. The molecule has 0 unspecified atom stereocenters. The Morgan fingerprint density at radius 2 is 0.838 bits per heavy atom. The van der Waals surface area contributed by atoms with Gasteiger partial charge >= 0.3 is 12.1 Å². The monoisotopic (exact) mass is 1460 g/mol. The number of carboxylic acid groups (broad SMARTS) is 1. The first-order chi connectivity index (χ1) is 51.0. The highest BCUT2D eigenvalue weighted by Crippen LogP contribution is 2.35. The number of aryl methyl sites for hydroxylation is 4. The molecule has 0 radical (unpaired) electrons. The number of carbonyl (C=O) groups is 5. The molecule has 0 bridgehead atoms. The second-order valence-corrected chi connectivity index (χ2v) is 30.9. The van der Waals surface area contributed by atoms with Crippen molar-refractivity contribution < 1.29 is 54.0 Å². The number of aliphatic hydroxyl groups is 2. The molecular weight excluding hydrogens is 1340 g/mol. The second kappa shape index (κ2) is 45.2. The van der Waals surface area contributed by atoms with E-state index in [1.54, 1.807) is 0 Å². The third-order valence-corrected chi connectivity index (χ3v) is 22.6. The van der Waals surface area contributed by atoms with Crippen LogP contribution in [0.4, 0.5) is 4.79 Å². The molecule has 1 aliphatic heterocycles. The number of fused-ring (bicyclic) bond motifs is 4. The fraction of sp³-hybridized carbons (Fsp3) is 0.568. The maximum Gasteiger partial charge on any atom is 0.508 e. The van der Waals surface area contributed by atoms with Crippen LogP contribution >= 0.6 is 11.6 Å². The largest absolute Gasteiger partial charge is 0.508 e. The van der Waals surface area contributed by atoms with Gasteiger partial charge in [-0.3, -0.25) is 19.2 Å². The van der Waals surface area contributed by atoms with Crippen LogP contribution in [0.15, 0.2) is 109 Å². The van der Waals surface area contributed by atoms with Crippen molar-refractivity contribution in [3.05, 3.63) is 143 Å². The summed E-state index contributed by atoms with van der Waals surface area (Å²) >= 11 is 5.33. The van der Waals surface area contributed by atoms with Crippen molar-refractivity contribution in [1.29, 1.82) is 0 Å². The molecule has 4 aromatic carbocycles. The van der Waals surface area contributed by atoms with Gasteiger partial charge < -0.3 is 49.1 Å². The summed E-state index contributed by atoms with van der Waals surface area (Å²) in [5.41, 5.74) is 12.8. The Labute approximate surface area is 628 Å². The molecule has 105 heavy (non-hydrogen) atoms. The summed E-state index contributed by atoms with van der Waals surface area (Å²) in [5.74, 6) is 2.77. The van der Waals surface area contributed by atoms with E-state index in [0.717, 1.165) is 86.4 Å². The average Bonchev–Trinajstić information content (AvgIpc) is 1.66. The first kappa shape index (κ1) is 83.1. The number of hydrogen-bond acceptors (Lipinski definition) is 11. The minimum absolute atomic E-state index is 0.0912. The van der Waals surface area contributed by atoms with E-state index in [0.29, 0.717) is 80.9 Å². The molecule has 14 rings (SSSR count). The number of hydrogen-bond donors (Lipinski definition) is 6. The molecule has 0 spiro atoms. The number of aromatic amines is 2. The van der Waals surface area contributed by atoms with E-state index < -0.39 is 12.1 Å². The second-order valence-electron chi connectivity index (χ2n) is 30.5. The molecule has 6 N–H and O–H groups in total. The topological polar surface area (TPSA) is 239 Å². The number of Topliss-reactive ketones (excluding diaryl/α,β-unsaturated/α-hetero) is 2. The van der Waals surface area contributed by atoms with Gasteiger partial charge in [0, 0.05) is 124 Å². The number of aliphatic carboxylic acids is 1. The molecule has 17 heteroatoms. The fourth-order valence-corrected chi connectivity index (χ4v) is 17.0. The van der Waals surface area contributed by atoms with Crippen LogP contribution in [0.25, 0.3) is 43.6 Å². The number of carboxylic acids is 1. The van der Waals surface area contributed by atoms with Gasteiger partial charge in [-0.1, -0.05) is 221 Å². The third-order valence-electron chi connectivity index (χ3n) is 22.4. The summed E-state index contributed by atoms with van der Waals surface area (Å²) in [7, 11) is 0. The zero-order valence-corrected chi connectivity index (χ0v) is 64.3. The van der Waals surface area contributed by atoms with Crippen molar-refractivity contribution in [3.63, 3.8) is 0 Å². The lowest BCUT2D eigenvalue weighted by Crippen LogP contribution is -2.10. The van der Waals surface area contributed by atoms with Gasteiger partial charge in [-0.2, -0.15) is 0 Å². The maximum atomic E-state index is 12.9. The van der Waals surface area contributed by atoms with Crippen LogP contribution in [-0.4, -0.2) is 101 Å². The Balaban J connectivity index is 0.000000161. The summed E-state index contributed by atoms with van der Waals surface area (Å²) in [6, 6.07) is 26.9. The van der Waals surface area contributed by atoms with Crippen LogP contribution in [-0.2, 0) is 32.2 Å². The number of benzene rings is 4. The predicted molar refractivity (Wildman–Crippen MR) is 425 cm³/mol. The van der Waals surface area contributed by atoms with Crippen LogP contribution in [0.3, 0.4) is 0 Å². The van der Waals surface area contributed by atoms with Crippen molar-refractivity contribution >= 4 is 89.9 Å². The molecule has 572 valence electrons. The zero-order valence-electron chi connectivity index (χ0n) is 63.6. The zero-order chi connectivity index (χ0) is 74.7. The van der Waals surface area contributed by atoms with Gasteiger partial charge in [-0.05, 0) is 154 Å². The number of aliphatic hydroxyl groups excluding tert-OH is 2. The van der Waals surface area contributed by atoms with E-state index in [1.807, 2.05) is 59.7 Å². The standard InChI is InChI=1S/C20H28N2O2.C20H27NO2.C18H23NO.C9H15ClO.C9H9N.C9H16O2.C3H4O3/c1-15-7-6-10-19-20(15)17(14-22(19)11-12-23)18(21-24)13-16-8-4-2-3-5-9-16;1-15-7-6-10-18-20(15)17(14-21(18)11-12-22)19(23)13-16-8-4-2-3-5-9-16;1-13-7-6-10-16-18(13)15(12-19-16)17(20)11-14-8-4-2-3-5-9-14;10-9(11)7-8-5-3-1-2-4-6-8;1-7-3-2-4-9-8(7)5-6-10-9;10-9(11)7-8-5-3-1-2-4-6-8;4-3-5-1-2-6-3/h6-7,10,14,16,23-24H,2-5,8-9,11-13H2,1H3;6-7,10,14,16,22H,2-5,8-9,11-13H2,1H3;6-7,10,12,14,19H,2-5,8-9,11H2,1H3;8H,1-7H2;2-6,10H,1H3;8H,1-7H2,(H,10,11);1-2H2. The summed E-state index contributed by atoms with van der Waals surface area (Å²) in [5, 5.41) is 45.1. The van der Waals surface area contributed by atoms with E-state index in [2.05, 4.69) is 105 Å². The molecule has 5 aliphatic carbocycles. The number of nitrogens with one attached hydrogen (secondary N) is 2. The Morgan fingerprint density at radius 3 is 1.25 bits per heavy atom. The number of rotatable bonds is 17. The molecule has 1 saturated heterocycles. The molecule has 16 nitrogen and oxygen atoms in total. The van der Waals surface area contributed by atoms with Crippen LogP contribution in [0.1, 0.15) is 273 Å². The van der Waals surface area contributed by atoms with E-state index in [1.165, 1.54) is 207 Å². The van der Waals surface area contributed by atoms with Crippen molar-refractivity contribution in [1.82, 2.24) is 19.1 Å². The number of oxime groups is 1. The van der Waals surface area contributed by atoms with Gasteiger partial charge in [0.1, 0.15) is 13.2 Å². The Hall–Kier alpha value is -7.53. The number of carbonyl (C=O) groups excluding carboxylic acids is 4. The third kappa shape index (κ3) is 26.7. The van der Waals surface area contributed by atoms with Gasteiger partial charge in [-0.15, -0.1) is 0 Å². The highest BCUT2D eigenvalue weighted by Gasteiger charge is 2.25. The molecule has 0 atom stereocenters. The number of aromatic nitrogens is 4. The number of cyclic esters (lactones) is 2. The number of nitrogens with zero attached hydrogens (tertiary/aromatic N) is 3. The molecule has 5 saturated carbocycles. The summed E-state index contributed by atoms with van der Waals surface area (Å²) in [4.78, 5) is 62.7. The molecule has 8 aromatic rings. The lowest BCUT2D eigenvalue weighted by atomic mass is 9.91. The highest BCUT2D eigenvalue weighted by molar-refractivity contribution is 6.63. The molecule has 6 fully saturated rings. The minimum atomic E-state index is -0.628. The highest BCUT2D eigenvalue weighted by atomic mass is 35.5. The molecule has 0 amide bonds. The smallest absolute Gasteiger partial charge is 0.481 e. The van der Waals surface area contributed by atoms with Crippen LogP contribution in [0.2, 0.25) is 0 Å². The number of ether oxygens (including phenoxy) is 2. The maximum absolute atomic E-state index is 12.9. The van der Waals surface area contributed by atoms with Crippen molar-refractivity contribution in [2.24, 2.45) is 34.7 Å². The fourth-order valence-electron chi connectivity index (χ4n) is 16.7. The Kier molecular flexibility index (Phi) is 35.8. The first-order valence-corrected chi connectivity index (χ1v) is 40.4. The van der Waals surface area contributed by atoms with Crippen molar-refractivity contribution in [2.75, 3.05) is 26.4 Å². The van der Waals surface area contributed by atoms with E-state index in [-0.39, 0.29) is 24.2 Å². The summed E-state index contributed by atoms with van der Waals surface area (Å²) in [6.07, 6.45) is 48.5. The van der Waals surface area contributed by atoms with E-state index in [9.17, 15) is 39.4 Å². The Morgan fingerprint density at radius 1 is 0.457 bits per heavy atom. The van der Waals surface area contributed by atoms with Gasteiger partial charge in [0.25, 0.3) is 0 Å².